The normalized spacial score (nSPS) is 14.9. The number of benzene rings is 1. The second kappa shape index (κ2) is 4.51. The van der Waals surface area contributed by atoms with Crippen LogP contribution in [0.3, 0.4) is 0 Å². The molecule has 0 fully saturated rings. The molecule has 3 nitrogen and oxygen atoms in total. The van der Waals surface area contributed by atoms with Gasteiger partial charge in [0, 0.05) is 6.54 Å². The molecule has 0 radical (unpaired) electrons. The van der Waals surface area contributed by atoms with Crippen LogP contribution in [0.5, 0.6) is 5.75 Å². The van der Waals surface area contributed by atoms with Gasteiger partial charge in [0.25, 0.3) is 0 Å². The van der Waals surface area contributed by atoms with Gasteiger partial charge in [-0.3, -0.25) is 4.99 Å². The maximum Gasteiger partial charge on any atom is 0.137 e. The van der Waals surface area contributed by atoms with Crippen molar-refractivity contribution in [2.45, 2.75) is 20.0 Å². The Morgan fingerprint density at radius 2 is 2.25 bits per heavy atom. The van der Waals surface area contributed by atoms with E-state index >= 15 is 0 Å². The van der Waals surface area contributed by atoms with Gasteiger partial charge in [0.15, 0.2) is 0 Å². The predicted molar refractivity (Wildman–Crippen MR) is 61.6 cm³/mol. The highest BCUT2D eigenvalue weighted by atomic mass is 19.1. The fraction of sp³-hybridized carbons (Fsp3) is 0.417. The molecule has 0 saturated carbocycles. The first-order chi connectivity index (χ1) is 7.68. The number of rotatable bonds is 3. The van der Waals surface area contributed by atoms with Gasteiger partial charge in [0.05, 0.1) is 18.2 Å². The number of aliphatic imine (C=N–C) groups is 1. The van der Waals surface area contributed by atoms with Crippen molar-refractivity contribution in [2.24, 2.45) is 4.99 Å². The van der Waals surface area contributed by atoms with E-state index < -0.39 is 0 Å². The molecule has 1 heterocycles. The van der Waals surface area contributed by atoms with Crippen molar-refractivity contribution in [3.8, 4) is 5.75 Å². The Morgan fingerprint density at radius 3 is 2.88 bits per heavy atom. The van der Waals surface area contributed by atoms with E-state index in [0.717, 1.165) is 6.54 Å². The third-order valence-electron chi connectivity index (χ3n) is 2.25. The molecule has 1 N–H and O–H groups in total. The first kappa shape index (κ1) is 10.9. The van der Waals surface area contributed by atoms with E-state index in [9.17, 15) is 4.39 Å². The minimum atomic E-state index is -0.300. The maximum absolute atomic E-state index is 13.8. The van der Waals surface area contributed by atoms with Crippen molar-refractivity contribution in [1.82, 2.24) is 5.32 Å². The van der Waals surface area contributed by atoms with Gasteiger partial charge in [-0.1, -0.05) is 6.07 Å². The fourth-order valence-electron chi connectivity index (χ4n) is 1.65. The molecule has 0 spiro atoms. The summed E-state index contributed by atoms with van der Waals surface area (Å²) in [6, 6.07) is 4.83. The van der Waals surface area contributed by atoms with Crippen LogP contribution in [0.2, 0.25) is 0 Å². The molecule has 0 bridgehead atoms. The number of hydrogen-bond donors (Lipinski definition) is 1. The van der Waals surface area contributed by atoms with Crippen LogP contribution in [-0.4, -0.2) is 25.0 Å². The lowest BCUT2D eigenvalue weighted by Gasteiger charge is -2.14. The molecule has 0 aromatic heterocycles. The third kappa shape index (κ3) is 2.15. The summed E-state index contributed by atoms with van der Waals surface area (Å²) in [4.78, 5) is 4.22. The molecular formula is C12H15FN2O. The number of ether oxygens (including phenoxy) is 1. The van der Waals surface area contributed by atoms with E-state index in [1.54, 1.807) is 12.1 Å². The Balaban J connectivity index is 2.40. The maximum atomic E-state index is 13.8. The van der Waals surface area contributed by atoms with Gasteiger partial charge in [-0.2, -0.15) is 0 Å². The van der Waals surface area contributed by atoms with E-state index in [1.807, 2.05) is 13.8 Å². The van der Waals surface area contributed by atoms with E-state index in [4.69, 9.17) is 4.74 Å². The zero-order valence-electron chi connectivity index (χ0n) is 9.46. The largest absolute Gasteiger partial charge is 0.490 e. The average molecular weight is 222 g/mol. The van der Waals surface area contributed by atoms with E-state index in [-0.39, 0.29) is 11.9 Å². The topological polar surface area (TPSA) is 33.6 Å². The Labute approximate surface area is 94.3 Å². The van der Waals surface area contributed by atoms with Crippen molar-refractivity contribution < 1.29 is 9.13 Å². The SMILES string of the molecule is CC(C)Oc1cccc(F)c1C1=NCCN1. The van der Waals surface area contributed by atoms with Crippen molar-refractivity contribution in [2.75, 3.05) is 13.1 Å². The number of amidine groups is 1. The van der Waals surface area contributed by atoms with Gasteiger partial charge < -0.3 is 10.1 Å². The molecule has 1 aromatic rings. The van der Waals surface area contributed by atoms with Crippen molar-refractivity contribution in [1.29, 1.82) is 0 Å². The highest BCUT2D eigenvalue weighted by molar-refractivity contribution is 6.02. The molecule has 86 valence electrons. The molecule has 0 unspecified atom stereocenters. The molecule has 1 aliphatic rings. The van der Waals surface area contributed by atoms with Crippen molar-refractivity contribution in [3.63, 3.8) is 0 Å². The third-order valence-corrected chi connectivity index (χ3v) is 2.25. The number of halogens is 1. The van der Waals surface area contributed by atoms with E-state index in [1.165, 1.54) is 6.07 Å². The lowest BCUT2D eigenvalue weighted by atomic mass is 10.1. The summed E-state index contributed by atoms with van der Waals surface area (Å²) in [7, 11) is 0. The van der Waals surface area contributed by atoms with Crippen LogP contribution in [0.4, 0.5) is 4.39 Å². The standard InChI is InChI=1S/C12H15FN2O/c1-8(2)16-10-5-3-4-9(13)11(10)12-14-6-7-15-12/h3-5,8H,6-7H2,1-2H3,(H,14,15). The second-order valence-electron chi connectivity index (χ2n) is 3.94. The first-order valence-corrected chi connectivity index (χ1v) is 5.42. The fourth-order valence-corrected chi connectivity index (χ4v) is 1.65. The van der Waals surface area contributed by atoms with Gasteiger partial charge in [0.2, 0.25) is 0 Å². The molecule has 1 aliphatic heterocycles. The number of nitrogens with zero attached hydrogens (tertiary/aromatic N) is 1. The smallest absolute Gasteiger partial charge is 0.137 e. The molecule has 16 heavy (non-hydrogen) atoms. The highest BCUT2D eigenvalue weighted by Crippen LogP contribution is 2.23. The summed E-state index contributed by atoms with van der Waals surface area (Å²) < 4.78 is 19.3. The summed E-state index contributed by atoms with van der Waals surface area (Å²) >= 11 is 0. The van der Waals surface area contributed by atoms with Crippen LogP contribution in [0.15, 0.2) is 23.2 Å². The van der Waals surface area contributed by atoms with Crippen LogP contribution in [0.1, 0.15) is 19.4 Å². The summed E-state index contributed by atoms with van der Waals surface area (Å²) in [5, 5.41) is 3.06. The molecule has 0 saturated heterocycles. The molecule has 1 aromatic carbocycles. The molecule has 2 rings (SSSR count). The van der Waals surface area contributed by atoms with Crippen LogP contribution in [0.25, 0.3) is 0 Å². The quantitative estimate of drug-likeness (QED) is 0.848. The van der Waals surface area contributed by atoms with Gasteiger partial charge in [-0.25, -0.2) is 4.39 Å². The van der Waals surface area contributed by atoms with Crippen LogP contribution >= 0.6 is 0 Å². The number of hydrogen-bond acceptors (Lipinski definition) is 3. The van der Waals surface area contributed by atoms with Crippen LogP contribution in [-0.2, 0) is 0 Å². The van der Waals surface area contributed by atoms with Crippen LogP contribution in [0, 0.1) is 5.82 Å². The monoisotopic (exact) mass is 222 g/mol. The lowest BCUT2D eigenvalue weighted by molar-refractivity contribution is 0.241. The van der Waals surface area contributed by atoms with Gasteiger partial charge in [-0.15, -0.1) is 0 Å². The zero-order valence-corrected chi connectivity index (χ0v) is 9.46. The van der Waals surface area contributed by atoms with Gasteiger partial charge in [-0.05, 0) is 26.0 Å². The molecular weight excluding hydrogens is 207 g/mol. The number of nitrogens with one attached hydrogen (secondary N) is 1. The molecule has 0 amide bonds. The zero-order chi connectivity index (χ0) is 11.5. The Bertz CT molecular complexity index is 415. The van der Waals surface area contributed by atoms with E-state index in [2.05, 4.69) is 10.3 Å². The summed E-state index contributed by atoms with van der Waals surface area (Å²) in [6.07, 6.45) is 0.0163. The van der Waals surface area contributed by atoms with Gasteiger partial charge in [0.1, 0.15) is 17.4 Å². The van der Waals surface area contributed by atoms with Crippen LogP contribution < -0.4 is 10.1 Å². The first-order valence-electron chi connectivity index (χ1n) is 5.42. The average Bonchev–Trinajstić information content (AvgIpc) is 2.69. The minimum Gasteiger partial charge on any atom is -0.490 e. The van der Waals surface area contributed by atoms with Crippen molar-refractivity contribution in [3.05, 3.63) is 29.6 Å². The molecule has 0 atom stereocenters. The Kier molecular flexibility index (Phi) is 3.08. The van der Waals surface area contributed by atoms with Crippen molar-refractivity contribution >= 4 is 5.84 Å². The minimum absolute atomic E-state index is 0.0163. The predicted octanol–water partition coefficient (Wildman–Crippen LogP) is 1.96. The second-order valence-corrected chi connectivity index (χ2v) is 3.94. The lowest BCUT2D eigenvalue weighted by Crippen LogP contribution is -2.22. The summed E-state index contributed by atoms with van der Waals surface area (Å²) in [6.45, 7) is 5.27. The Morgan fingerprint density at radius 1 is 1.44 bits per heavy atom. The van der Waals surface area contributed by atoms with Gasteiger partial charge >= 0.3 is 0 Å². The Hall–Kier alpha value is -1.58. The summed E-state index contributed by atoms with van der Waals surface area (Å²) in [5.74, 6) is 0.836. The molecule has 0 aliphatic carbocycles. The summed E-state index contributed by atoms with van der Waals surface area (Å²) in [5.41, 5.74) is 0.439. The van der Waals surface area contributed by atoms with E-state index in [0.29, 0.717) is 23.7 Å². The molecule has 4 heteroatoms. The highest BCUT2D eigenvalue weighted by Gasteiger charge is 2.18.